The number of halogens is 1. The molecule has 1 aliphatic rings. The third kappa shape index (κ3) is 6.38. The van der Waals surface area contributed by atoms with Gasteiger partial charge in [-0.3, -0.25) is 9.89 Å². The molecule has 0 saturated carbocycles. The van der Waals surface area contributed by atoms with Crippen LogP contribution in [-0.2, 0) is 13.1 Å². The molecule has 28 heavy (non-hydrogen) atoms. The third-order valence-electron chi connectivity index (χ3n) is 5.09. The van der Waals surface area contributed by atoms with Crippen molar-refractivity contribution in [3.8, 4) is 5.75 Å². The molecule has 0 radical (unpaired) electrons. The summed E-state index contributed by atoms with van der Waals surface area (Å²) in [6.07, 6.45) is 1.12. The summed E-state index contributed by atoms with van der Waals surface area (Å²) in [4.78, 5) is 6.92. The summed E-state index contributed by atoms with van der Waals surface area (Å²) < 4.78 is 5.29. The van der Waals surface area contributed by atoms with Crippen LogP contribution < -0.4 is 15.4 Å². The second-order valence-electron chi connectivity index (χ2n) is 7.12. The van der Waals surface area contributed by atoms with E-state index >= 15 is 0 Å². The van der Waals surface area contributed by atoms with Crippen LogP contribution in [-0.4, -0.2) is 43.6 Å². The van der Waals surface area contributed by atoms with E-state index < -0.39 is 0 Å². The van der Waals surface area contributed by atoms with Crippen LogP contribution >= 0.6 is 24.0 Å². The zero-order valence-corrected chi connectivity index (χ0v) is 19.2. The van der Waals surface area contributed by atoms with E-state index in [9.17, 15) is 0 Å². The van der Waals surface area contributed by atoms with Crippen LogP contribution in [0.2, 0.25) is 0 Å². The van der Waals surface area contributed by atoms with Crippen molar-refractivity contribution >= 4 is 29.9 Å². The van der Waals surface area contributed by atoms with Gasteiger partial charge in [0.15, 0.2) is 5.96 Å². The quantitative estimate of drug-likeness (QED) is 0.366. The average molecular weight is 494 g/mol. The lowest BCUT2D eigenvalue weighted by Gasteiger charge is -2.21. The minimum absolute atomic E-state index is 0. The lowest BCUT2D eigenvalue weighted by molar-refractivity contribution is 0.258. The molecule has 2 aromatic rings. The molecule has 0 amide bonds. The molecule has 2 N–H and O–H groups in total. The monoisotopic (exact) mass is 494 g/mol. The van der Waals surface area contributed by atoms with Crippen LogP contribution in [0.25, 0.3) is 0 Å². The Morgan fingerprint density at radius 3 is 2.61 bits per heavy atom. The van der Waals surface area contributed by atoms with Gasteiger partial charge in [-0.2, -0.15) is 0 Å². The number of methoxy groups -OCH3 is 1. The summed E-state index contributed by atoms with van der Waals surface area (Å²) in [5, 5.41) is 6.98. The second kappa shape index (κ2) is 11.3. The largest absolute Gasteiger partial charge is 0.497 e. The van der Waals surface area contributed by atoms with Gasteiger partial charge >= 0.3 is 0 Å². The molecule has 6 heteroatoms. The van der Waals surface area contributed by atoms with Gasteiger partial charge in [-0.1, -0.05) is 42.5 Å². The Hall–Kier alpha value is -1.80. The number of hydrogen-bond acceptors (Lipinski definition) is 3. The molecule has 1 saturated heterocycles. The maximum absolute atomic E-state index is 5.29. The third-order valence-corrected chi connectivity index (χ3v) is 5.09. The maximum atomic E-state index is 5.29. The Bertz CT molecular complexity index is 753. The van der Waals surface area contributed by atoms with Gasteiger partial charge in [0.25, 0.3) is 0 Å². The second-order valence-corrected chi connectivity index (χ2v) is 7.12. The number of ether oxygens (including phenoxy) is 1. The Morgan fingerprint density at radius 1 is 1.14 bits per heavy atom. The zero-order valence-electron chi connectivity index (χ0n) is 16.9. The number of likely N-dealkylation sites (tertiary alicyclic amines) is 1. The maximum Gasteiger partial charge on any atom is 0.191 e. The molecule has 2 aromatic carbocycles. The zero-order chi connectivity index (χ0) is 19.1. The van der Waals surface area contributed by atoms with Crippen molar-refractivity contribution in [1.82, 2.24) is 15.5 Å². The van der Waals surface area contributed by atoms with E-state index in [-0.39, 0.29) is 24.0 Å². The molecular weight excluding hydrogens is 463 g/mol. The Kier molecular flexibility index (Phi) is 9.05. The molecular formula is C22H31IN4O. The number of nitrogens with zero attached hydrogens (tertiary/aromatic N) is 2. The first-order valence-electron chi connectivity index (χ1n) is 9.56. The van der Waals surface area contributed by atoms with Gasteiger partial charge in [0.2, 0.25) is 0 Å². The highest BCUT2D eigenvalue weighted by atomic mass is 127. The molecule has 0 bridgehead atoms. The van der Waals surface area contributed by atoms with E-state index in [0.717, 1.165) is 31.2 Å². The van der Waals surface area contributed by atoms with Crippen molar-refractivity contribution in [2.24, 2.45) is 4.99 Å². The summed E-state index contributed by atoms with van der Waals surface area (Å²) in [6, 6.07) is 19.7. The molecule has 5 nitrogen and oxygen atoms in total. The lowest BCUT2D eigenvalue weighted by Crippen LogP contribution is -2.44. The van der Waals surface area contributed by atoms with Crippen molar-refractivity contribution in [2.45, 2.75) is 38.5 Å². The highest BCUT2D eigenvalue weighted by Crippen LogP contribution is 2.20. The highest BCUT2D eigenvalue weighted by Gasteiger charge is 2.29. The van der Waals surface area contributed by atoms with Gasteiger partial charge in [-0.25, -0.2) is 0 Å². The SMILES string of the molecule is CN=C(NCc1cccc(OC)c1)NC1CC(C)N(Cc2ccccc2)C1.I. The number of hydrogen-bond donors (Lipinski definition) is 2. The number of aliphatic imine (C=N–C) groups is 1. The van der Waals surface area contributed by atoms with Crippen molar-refractivity contribution in [3.63, 3.8) is 0 Å². The van der Waals surface area contributed by atoms with Gasteiger partial charge in [-0.15, -0.1) is 24.0 Å². The fourth-order valence-electron chi connectivity index (χ4n) is 3.60. The molecule has 0 aliphatic carbocycles. The van der Waals surface area contributed by atoms with Crippen LogP contribution in [0, 0.1) is 0 Å². The first kappa shape index (κ1) is 22.5. The van der Waals surface area contributed by atoms with E-state index in [0.29, 0.717) is 18.6 Å². The fourth-order valence-corrected chi connectivity index (χ4v) is 3.60. The molecule has 152 valence electrons. The van der Waals surface area contributed by atoms with E-state index in [1.54, 1.807) is 7.11 Å². The summed E-state index contributed by atoms with van der Waals surface area (Å²) in [7, 11) is 3.51. The Labute approximate surface area is 185 Å². The molecule has 2 unspecified atom stereocenters. The fraction of sp³-hybridized carbons (Fsp3) is 0.409. The molecule has 1 aliphatic heterocycles. The number of guanidine groups is 1. The summed E-state index contributed by atoms with van der Waals surface area (Å²) in [5.74, 6) is 1.72. The smallest absolute Gasteiger partial charge is 0.191 e. The molecule has 1 fully saturated rings. The van der Waals surface area contributed by atoms with Crippen LogP contribution in [0.5, 0.6) is 5.75 Å². The van der Waals surface area contributed by atoms with Crippen molar-refractivity contribution in [2.75, 3.05) is 20.7 Å². The standard InChI is InChI=1S/C22H30N4O.HI/c1-17-12-20(16-26(17)15-18-8-5-4-6-9-18)25-22(23-2)24-14-19-10-7-11-21(13-19)27-3;/h4-11,13,17,20H,12,14-16H2,1-3H3,(H2,23,24,25);1H. The van der Waals surface area contributed by atoms with Crippen LogP contribution in [0.4, 0.5) is 0 Å². The number of benzene rings is 2. The minimum Gasteiger partial charge on any atom is -0.497 e. The van der Waals surface area contributed by atoms with Crippen molar-refractivity contribution < 1.29 is 4.74 Å². The highest BCUT2D eigenvalue weighted by molar-refractivity contribution is 14.0. The van der Waals surface area contributed by atoms with Gasteiger partial charge in [0, 0.05) is 38.8 Å². The van der Waals surface area contributed by atoms with Crippen molar-refractivity contribution in [1.29, 1.82) is 0 Å². The molecule has 1 heterocycles. The molecule has 0 aromatic heterocycles. The van der Waals surface area contributed by atoms with E-state index in [2.05, 4.69) is 63.8 Å². The number of nitrogens with one attached hydrogen (secondary N) is 2. The Morgan fingerprint density at radius 2 is 1.89 bits per heavy atom. The number of rotatable bonds is 6. The van der Waals surface area contributed by atoms with Crippen molar-refractivity contribution in [3.05, 3.63) is 65.7 Å². The summed E-state index contributed by atoms with van der Waals surface area (Å²) in [5.41, 5.74) is 2.54. The van der Waals surface area contributed by atoms with E-state index in [1.807, 2.05) is 25.2 Å². The van der Waals surface area contributed by atoms with Gasteiger partial charge in [-0.05, 0) is 36.6 Å². The molecule has 3 rings (SSSR count). The van der Waals surface area contributed by atoms with Crippen LogP contribution in [0.3, 0.4) is 0 Å². The molecule has 2 atom stereocenters. The van der Waals surface area contributed by atoms with E-state index in [1.165, 1.54) is 11.1 Å². The minimum atomic E-state index is 0. The van der Waals surface area contributed by atoms with Crippen LogP contribution in [0.15, 0.2) is 59.6 Å². The van der Waals surface area contributed by atoms with Crippen LogP contribution in [0.1, 0.15) is 24.5 Å². The predicted molar refractivity (Wildman–Crippen MR) is 126 cm³/mol. The van der Waals surface area contributed by atoms with Gasteiger partial charge in [0.1, 0.15) is 5.75 Å². The lowest BCUT2D eigenvalue weighted by atomic mass is 10.2. The van der Waals surface area contributed by atoms with Gasteiger partial charge in [0.05, 0.1) is 7.11 Å². The Balaban J connectivity index is 0.00000280. The first-order valence-corrected chi connectivity index (χ1v) is 9.56. The topological polar surface area (TPSA) is 48.9 Å². The summed E-state index contributed by atoms with van der Waals surface area (Å²) in [6.45, 7) is 5.04. The normalized spacial score (nSPS) is 19.8. The van der Waals surface area contributed by atoms with E-state index in [4.69, 9.17) is 4.74 Å². The molecule has 0 spiro atoms. The summed E-state index contributed by atoms with van der Waals surface area (Å²) >= 11 is 0. The average Bonchev–Trinajstić information content (AvgIpc) is 3.05. The predicted octanol–water partition coefficient (Wildman–Crippen LogP) is 3.64. The van der Waals surface area contributed by atoms with Gasteiger partial charge < -0.3 is 15.4 Å². The first-order chi connectivity index (χ1) is 13.2.